The van der Waals surface area contributed by atoms with Crippen LogP contribution in [0, 0.1) is 6.92 Å². The molecule has 0 unspecified atom stereocenters. The van der Waals surface area contributed by atoms with Crippen molar-refractivity contribution in [3.8, 4) is 11.3 Å². The smallest absolute Gasteiger partial charge is 0.0923 e. The van der Waals surface area contributed by atoms with Gasteiger partial charge < -0.3 is 4.90 Å². The Morgan fingerprint density at radius 3 is 2.79 bits per heavy atom. The summed E-state index contributed by atoms with van der Waals surface area (Å²) in [6.07, 6.45) is 2.42. The fraction of sp³-hybridized carbons (Fsp3) is 0.438. The van der Waals surface area contributed by atoms with E-state index < -0.39 is 0 Å². The second-order valence-electron chi connectivity index (χ2n) is 5.67. The Hall–Kier alpha value is -1.77. The van der Waals surface area contributed by atoms with Crippen molar-refractivity contribution in [2.75, 3.05) is 11.4 Å². The van der Waals surface area contributed by atoms with E-state index in [1.165, 1.54) is 36.2 Å². The number of H-pyrrole nitrogens is 1. The van der Waals surface area contributed by atoms with Crippen LogP contribution in [0.2, 0.25) is 0 Å². The molecular weight excluding hydrogens is 234 g/mol. The van der Waals surface area contributed by atoms with Gasteiger partial charge in [-0.25, -0.2) is 0 Å². The first-order valence-electron chi connectivity index (χ1n) is 7.07. The molecule has 1 aliphatic heterocycles. The topological polar surface area (TPSA) is 31.9 Å². The molecule has 0 fully saturated rings. The molecule has 0 saturated heterocycles. The molecule has 0 atom stereocenters. The summed E-state index contributed by atoms with van der Waals surface area (Å²) in [5.41, 5.74) is 6.22. The zero-order valence-corrected chi connectivity index (χ0v) is 11.9. The Labute approximate surface area is 114 Å². The summed E-state index contributed by atoms with van der Waals surface area (Å²) >= 11 is 0. The minimum Gasteiger partial charge on any atom is -0.369 e. The first-order valence-corrected chi connectivity index (χ1v) is 7.07. The van der Waals surface area contributed by atoms with E-state index in [4.69, 9.17) is 0 Å². The highest BCUT2D eigenvalue weighted by molar-refractivity contribution is 5.67. The molecule has 3 heteroatoms. The van der Waals surface area contributed by atoms with E-state index in [-0.39, 0.29) is 0 Å². The number of aromatic nitrogens is 2. The van der Waals surface area contributed by atoms with E-state index in [0.717, 1.165) is 11.4 Å². The molecular formula is C16H21N3. The van der Waals surface area contributed by atoms with E-state index in [2.05, 4.69) is 53.2 Å². The van der Waals surface area contributed by atoms with Gasteiger partial charge in [0, 0.05) is 29.5 Å². The standard InChI is InChI=1S/C16H21N3/c1-11(2)19-8-4-5-14-10-13(6-7-16(14)19)15-9-12(3)17-18-15/h6-7,9-11H,4-5,8H2,1-3H3,(H,17,18). The number of hydrogen-bond donors (Lipinski definition) is 1. The lowest BCUT2D eigenvalue weighted by Crippen LogP contribution is -2.35. The Morgan fingerprint density at radius 1 is 1.26 bits per heavy atom. The number of nitrogens with one attached hydrogen (secondary N) is 1. The molecule has 1 aliphatic rings. The van der Waals surface area contributed by atoms with Gasteiger partial charge >= 0.3 is 0 Å². The van der Waals surface area contributed by atoms with Gasteiger partial charge in [0.15, 0.2) is 0 Å². The van der Waals surface area contributed by atoms with Crippen molar-refractivity contribution < 1.29 is 0 Å². The van der Waals surface area contributed by atoms with Crippen LogP contribution in [0.15, 0.2) is 24.3 Å². The number of anilines is 1. The summed E-state index contributed by atoms with van der Waals surface area (Å²) < 4.78 is 0. The van der Waals surface area contributed by atoms with Crippen LogP contribution in [0.4, 0.5) is 5.69 Å². The largest absolute Gasteiger partial charge is 0.369 e. The Balaban J connectivity index is 2.00. The number of benzene rings is 1. The minimum absolute atomic E-state index is 0.567. The van der Waals surface area contributed by atoms with Gasteiger partial charge in [-0.15, -0.1) is 0 Å². The second-order valence-corrected chi connectivity index (χ2v) is 5.67. The summed E-state index contributed by atoms with van der Waals surface area (Å²) in [6.45, 7) is 7.74. The number of hydrogen-bond acceptors (Lipinski definition) is 2. The maximum Gasteiger partial charge on any atom is 0.0923 e. The van der Waals surface area contributed by atoms with Gasteiger partial charge in [-0.05, 0) is 57.4 Å². The number of fused-ring (bicyclic) bond motifs is 1. The quantitative estimate of drug-likeness (QED) is 0.890. The van der Waals surface area contributed by atoms with E-state index in [1.807, 2.05) is 6.92 Å². The zero-order chi connectivity index (χ0) is 13.4. The number of nitrogens with zero attached hydrogens (tertiary/aromatic N) is 2. The first-order chi connectivity index (χ1) is 9.15. The van der Waals surface area contributed by atoms with E-state index in [1.54, 1.807) is 0 Å². The molecule has 0 aliphatic carbocycles. The van der Waals surface area contributed by atoms with Gasteiger partial charge in [-0.2, -0.15) is 5.10 Å². The summed E-state index contributed by atoms with van der Waals surface area (Å²) in [5, 5.41) is 7.36. The van der Waals surface area contributed by atoms with Gasteiger partial charge in [0.25, 0.3) is 0 Å². The maximum atomic E-state index is 4.35. The molecule has 0 bridgehead atoms. The van der Waals surface area contributed by atoms with Crippen molar-refractivity contribution in [3.05, 3.63) is 35.5 Å². The summed E-state index contributed by atoms with van der Waals surface area (Å²) in [6, 6.07) is 9.42. The fourth-order valence-corrected chi connectivity index (χ4v) is 2.89. The molecule has 1 aromatic carbocycles. The number of aromatic amines is 1. The molecule has 100 valence electrons. The van der Waals surface area contributed by atoms with Gasteiger partial charge in [0.1, 0.15) is 0 Å². The molecule has 19 heavy (non-hydrogen) atoms. The molecule has 3 rings (SSSR count). The van der Waals surface area contributed by atoms with Crippen molar-refractivity contribution in [2.45, 2.75) is 39.7 Å². The molecule has 0 radical (unpaired) electrons. The average molecular weight is 255 g/mol. The Kier molecular flexibility index (Phi) is 3.05. The van der Waals surface area contributed by atoms with Crippen molar-refractivity contribution in [2.24, 2.45) is 0 Å². The van der Waals surface area contributed by atoms with Crippen LogP contribution in [0.25, 0.3) is 11.3 Å². The molecule has 0 amide bonds. The van der Waals surface area contributed by atoms with E-state index in [9.17, 15) is 0 Å². The SMILES string of the molecule is Cc1cc(-c2ccc3c(c2)CCCN3C(C)C)n[nH]1. The van der Waals surface area contributed by atoms with Crippen molar-refractivity contribution in [3.63, 3.8) is 0 Å². The monoisotopic (exact) mass is 255 g/mol. The van der Waals surface area contributed by atoms with Crippen LogP contribution in [0.1, 0.15) is 31.5 Å². The van der Waals surface area contributed by atoms with Crippen molar-refractivity contribution in [1.82, 2.24) is 10.2 Å². The van der Waals surface area contributed by atoms with E-state index in [0.29, 0.717) is 6.04 Å². The molecule has 1 aromatic heterocycles. The molecule has 2 heterocycles. The van der Waals surface area contributed by atoms with Gasteiger partial charge in [-0.1, -0.05) is 6.07 Å². The van der Waals surface area contributed by atoms with Crippen LogP contribution in [-0.4, -0.2) is 22.8 Å². The minimum atomic E-state index is 0.567. The van der Waals surface area contributed by atoms with Crippen molar-refractivity contribution in [1.29, 1.82) is 0 Å². The summed E-state index contributed by atoms with van der Waals surface area (Å²) in [4.78, 5) is 2.50. The van der Waals surface area contributed by atoms with Gasteiger partial charge in [0.2, 0.25) is 0 Å². The molecule has 0 saturated carbocycles. The Bertz CT molecular complexity index is 583. The van der Waals surface area contributed by atoms with Crippen LogP contribution in [-0.2, 0) is 6.42 Å². The Morgan fingerprint density at radius 2 is 2.11 bits per heavy atom. The summed E-state index contributed by atoms with van der Waals surface area (Å²) in [5.74, 6) is 0. The number of aryl methyl sites for hydroxylation is 2. The predicted octanol–water partition coefficient (Wildman–Crippen LogP) is 3.55. The third-order valence-electron chi connectivity index (χ3n) is 3.86. The summed E-state index contributed by atoms with van der Waals surface area (Å²) in [7, 11) is 0. The molecule has 2 aromatic rings. The zero-order valence-electron chi connectivity index (χ0n) is 11.9. The highest BCUT2D eigenvalue weighted by Crippen LogP contribution is 2.32. The third-order valence-corrected chi connectivity index (χ3v) is 3.86. The first kappa shape index (κ1) is 12.3. The fourth-order valence-electron chi connectivity index (χ4n) is 2.89. The normalized spacial score (nSPS) is 14.8. The third kappa shape index (κ3) is 2.25. The average Bonchev–Trinajstić information content (AvgIpc) is 2.84. The van der Waals surface area contributed by atoms with E-state index >= 15 is 0 Å². The molecule has 0 spiro atoms. The van der Waals surface area contributed by atoms with Crippen LogP contribution < -0.4 is 4.90 Å². The second kappa shape index (κ2) is 4.72. The maximum absolute atomic E-state index is 4.35. The van der Waals surface area contributed by atoms with Crippen LogP contribution in [0.5, 0.6) is 0 Å². The molecule has 1 N–H and O–H groups in total. The van der Waals surface area contributed by atoms with Crippen LogP contribution >= 0.6 is 0 Å². The number of rotatable bonds is 2. The highest BCUT2D eigenvalue weighted by atomic mass is 15.2. The van der Waals surface area contributed by atoms with Crippen LogP contribution in [0.3, 0.4) is 0 Å². The predicted molar refractivity (Wildman–Crippen MR) is 79.6 cm³/mol. The van der Waals surface area contributed by atoms with Gasteiger partial charge in [0.05, 0.1) is 5.69 Å². The lowest BCUT2D eigenvalue weighted by molar-refractivity contribution is 0.626. The van der Waals surface area contributed by atoms with Gasteiger partial charge in [-0.3, -0.25) is 5.10 Å². The highest BCUT2D eigenvalue weighted by Gasteiger charge is 2.19. The van der Waals surface area contributed by atoms with Crippen molar-refractivity contribution >= 4 is 5.69 Å². The molecule has 3 nitrogen and oxygen atoms in total. The lowest BCUT2D eigenvalue weighted by Gasteiger charge is -2.34. The lowest BCUT2D eigenvalue weighted by atomic mass is 9.97.